The first kappa shape index (κ1) is 33.6. The summed E-state index contributed by atoms with van der Waals surface area (Å²) in [5.41, 5.74) is -1.38. The Kier molecular flexibility index (Phi) is 9.65. The van der Waals surface area contributed by atoms with E-state index < -0.39 is 35.4 Å². The maximum Gasteiger partial charge on any atom is 0.410 e. The number of nitrogens with zero attached hydrogens (tertiary/aromatic N) is 3. The second kappa shape index (κ2) is 12.6. The molecular weight excluding hydrogens is 582 g/mol. The number of ether oxygens (including phenoxy) is 2. The summed E-state index contributed by atoms with van der Waals surface area (Å²) < 4.78 is 11.3. The molecule has 0 aromatic carbocycles. The molecule has 2 saturated heterocycles. The lowest BCUT2D eigenvalue weighted by atomic mass is 9.82. The largest absolute Gasteiger partial charge is 0.477 e. The first-order valence-corrected chi connectivity index (χ1v) is 16.3. The fourth-order valence-corrected chi connectivity index (χ4v) is 6.74. The molecule has 0 spiro atoms. The summed E-state index contributed by atoms with van der Waals surface area (Å²) in [6.07, 6.45) is 2.93. The number of hydrogen-bond acceptors (Lipinski definition) is 7. The number of hydrogen-bond donors (Lipinski definition) is 1. The van der Waals surface area contributed by atoms with Crippen LogP contribution in [0.15, 0.2) is 6.07 Å². The van der Waals surface area contributed by atoms with Crippen LogP contribution < -0.4 is 4.90 Å². The fraction of sp³-hybridized carbons (Fsp3) is 0.697. The van der Waals surface area contributed by atoms with E-state index in [4.69, 9.17) is 9.47 Å². The van der Waals surface area contributed by atoms with E-state index >= 15 is 0 Å². The van der Waals surface area contributed by atoms with Gasteiger partial charge in [-0.1, -0.05) is 18.8 Å². The quantitative estimate of drug-likeness (QED) is 0.384. The molecule has 1 unspecified atom stereocenters. The number of carbonyl (C=O) groups excluding carboxylic acids is 3. The summed E-state index contributed by atoms with van der Waals surface area (Å²) in [4.78, 5) is 57.6. The van der Waals surface area contributed by atoms with E-state index in [1.54, 1.807) is 43.6 Å². The van der Waals surface area contributed by atoms with Crippen LogP contribution in [0.25, 0.3) is 0 Å². The lowest BCUT2D eigenvalue weighted by Crippen LogP contribution is -2.64. The predicted octanol–water partition coefficient (Wildman–Crippen LogP) is 6.22. The van der Waals surface area contributed by atoms with Crippen molar-refractivity contribution in [2.45, 2.75) is 105 Å². The lowest BCUT2D eigenvalue weighted by molar-refractivity contribution is -0.124. The third kappa shape index (κ3) is 8.26. The second-order valence-corrected chi connectivity index (χ2v) is 15.9. The van der Waals surface area contributed by atoms with Crippen molar-refractivity contribution in [3.8, 4) is 11.8 Å². The number of likely N-dealkylation sites (tertiary alicyclic amines) is 2. The topological polar surface area (TPSA) is 117 Å². The van der Waals surface area contributed by atoms with E-state index in [1.165, 1.54) is 4.90 Å². The minimum absolute atomic E-state index is 0.0750. The van der Waals surface area contributed by atoms with Crippen molar-refractivity contribution in [1.82, 2.24) is 9.80 Å². The molecule has 3 aliphatic rings. The highest BCUT2D eigenvalue weighted by molar-refractivity contribution is 7.15. The number of carbonyl (C=O) groups is 4. The second-order valence-electron chi connectivity index (χ2n) is 14.8. The van der Waals surface area contributed by atoms with Crippen LogP contribution in [0.3, 0.4) is 0 Å². The monoisotopic (exact) mass is 629 g/mol. The van der Waals surface area contributed by atoms with E-state index in [0.29, 0.717) is 29.4 Å². The Labute approximate surface area is 265 Å². The van der Waals surface area contributed by atoms with Crippen LogP contribution in [0.1, 0.15) is 102 Å². The number of anilines is 1. The highest BCUT2D eigenvalue weighted by Crippen LogP contribution is 2.38. The third-order valence-electron chi connectivity index (χ3n) is 8.15. The van der Waals surface area contributed by atoms with Crippen molar-refractivity contribution in [1.29, 1.82) is 0 Å². The van der Waals surface area contributed by atoms with Crippen molar-refractivity contribution >= 4 is 41.1 Å². The van der Waals surface area contributed by atoms with Gasteiger partial charge in [-0.2, -0.15) is 0 Å². The molecule has 1 aliphatic carbocycles. The van der Waals surface area contributed by atoms with Crippen LogP contribution in [0, 0.1) is 29.1 Å². The Bertz CT molecular complexity index is 1330. The van der Waals surface area contributed by atoms with Crippen LogP contribution in [0.2, 0.25) is 0 Å². The average Bonchev–Trinajstić information content (AvgIpc) is 3.53. The zero-order valence-electron chi connectivity index (χ0n) is 27.3. The first-order chi connectivity index (χ1) is 20.3. The maximum absolute atomic E-state index is 14.2. The smallest absolute Gasteiger partial charge is 0.410 e. The summed E-state index contributed by atoms with van der Waals surface area (Å²) in [5.74, 6) is 5.42. The summed E-state index contributed by atoms with van der Waals surface area (Å²) >= 11 is 1.08. The van der Waals surface area contributed by atoms with Crippen LogP contribution in [-0.4, -0.2) is 82.4 Å². The molecule has 0 bridgehead atoms. The van der Waals surface area contributed by atoms with E-state index in [2.05, 4.69) is 18.8 Å². The van der Waals surface area contributed by atoms with Gasteiger partial charge in [0.1, 0.15) is 16.1 Å². The fourth-order valence-electron chi connectivity index (χ4n) is 5.90. The molecule has 0 radical (unpaired) electrons. The first-order valence-electron chi connectivity index (χ1n) is 15.5. The van der Waals surface area contributed by atoms with Crippen LogP contribution in [-0.2, 0) is 14.3 Å². The zero-order chi connectivity index (χ0) is 32.6. The molecule has 10 nitrogen and oxygen atoms in total. The van der Waals surface area contributed by atoms with Crippen LogP contribution in [0.4, 0.5) is 15.3 Å². The molecule has 242 valence electrons. The van der Waals surface area contributed by atoms with Gasteiger partial charge < -0.3 is 29.3 Å². The van der Waals surface area contributed by atoms with Gasteiger partial charge in [-0.3, -0.25) is 4.79 Å². The van der Waals surface area contributed by atoms with Crippen molar-refractivity contribution in [3.63, 3.8) is 0 Å². The molecule has 1 aromatic rings. The minimum atomic E-state index is -1.11. The zero-order valence-corrected chi connectivity index (χ0v) is 28.1. The SMILES string of the molecule is CC1CCC(C(=O)N(c2cc(C#CC(C)(C)C)sc2C(=O)O)C2CCN(C(=O)OC3(C)CN(C(=O)OC(C)(C)C)C3)C2)CC1. The van der Waals surface area contributed by atoms with Gasteiger partial charge in [0.2, 0.25) is 5.91 Å². The van der Waals surface area contributed by atoms with Crippen molar-refractivity contribution in [2.24, 2.45) is 17.3 Å². The predicted molar refractivity (Wildman–Crippen MR) is 169 cm³/mol. The molecule has 1 aromatic heterocycles. The van der Waals surface area contributed by atoms with E-state index in [9.17, 15) is 24.3 Å². The molecule has 3 amide bonds. The van der Waals surface area contributed by atoms with Gasteiger partial charge in [-0.15, -0.1) is 11.3 Å². The molecule has 44 heavy (non-hydrogen) atoms. The molecule has 2 aliphatic heterocycles. The highest BCUT2D eigenvalue weighted by atomic mass is 32.1. The number of aromatic carboxylic acids is 1. The molecule has 1 N–H and O–H groups in total. The van der Waals surface area contributed by atoms with Crippen LogP contribution >= 0.6 is 11.3 Å². The van der Waals surface area contributed by atoms with E-state index in [0.717, 1.165) is 37.0 Å². The normalized spacial score (nSPS) is 23.2. The average molecular weight is 630 g/mol. The van der Waals surface area contributed by atoms with Gasteiger partial charge in [-0.05, 0) is 92.6 Å². The van der Waals surface area contributed by atoms with Crippen molar-refractivity contribution in [3.05, 3.63) is 15.8 Å². The lowest BCUT2D eigenvalue weighted by Gasteiger charge is -2.47. The van der Waals surface area contributed by atoms with Gasteiger partial charge >= 0.3 is 18.2 Å². The molecule has 1 atom stereocenters. The molecule has 4 rings (SSSR count). The van der Waals surface area contributed by atoms with E-state index in [1.807, 2.05) is 20.8 Å². The Morgan fingerprint density at radius 3 is 2.20 bits per heavy atom. The minimum Gasteiger partial charge on any atom is -0.477 e. The number of rotatable bonds is 5. The molecule has 1 saturated carbocycles. The van der Waals surface area contributed by atoms with Gasteiger partial charge in [0.25, 0.3) is 0 Å². The number of amides is 3. The summed E-state index contributed by atoms with van der Waals surface area (Å²) in [6.45, 7) is 16.4. The van der Waals surface area contributed by atoms with Gasteiger partial charge in [0.15, 0.2) is 0 Å². The molecule has 3 fully saturated rings. The highest BCUT2D eigenvalue weighted by Gasteiger charge is 2.48. The summed E-state index contributed by atoms with van der Waals surface area (Å²) in [5, 5.41) is 10.2. The van der Waals surface area contributed by atoms with Gasteiger partial charge in [0, 0.05) is 24.4 Å². The molecule has 11 heteroatoms. The number of carboxylic acids is 1. The summed E-state index contributed by atoms with van der Waals surface area (Å²) in [7, 11) is 0. The standard InChI is InChI=1S/C33H47N3O7S/c1-21-9-11-22(12-10-21)27(37)36(25-17-24(13-15-31(2,3)4)44-26(25)28(38)39)23-14-16-34(18-23)29(40)43-33(8)19-35(20-33)30(41)42-32(5,6)7/h17,21-23H,9-12,14,16,18-20H2,1-8H3,(H,38,39). The van der Waals surface area contributed by atoms with Crippen molar-refractivity contribution < 1.29 is 33.8 Å². The Morgan fingerprint density at radius 1 is 1.00 bits per heavy atom. The maximum atomic E-state index is 14.2. The summed E-state index contributed by atoms with van der Waals surface area (Å²) in [6, 6.07) is 1.32. The number of carboxylic acid groups (broad SMARTS) is 1. The molecular formula is C33H47N3O7S. The Hall–Kier alpha value is -3.26. The van der Waals surface area contributed by atoms with Gasteiger partial charge in [0.05, 0.1) is 29.7 Å². The van der Waals surface area contributed by atoms with Gasteiger partial charge in [-0.25, -0.2) is 14.4 Å². The molecule has 3 heterocycles. The Morgan fingerprint density at radius 2 is 1.64 bits per heavy atom. The van der Waals surface area contributed by atoms with Crippen LogP contribution in [0.5, 0.6) is 0 Å². The van der Waals surface area contributed by atoms with Crippen molar-refractivity contribution in [2.75, 3.05) is 31.1 Å². The number of thiophene rings is 1. The van der Waals surface area contributed by atoms with E-state index in [-0.39, 0.29) is 41.8 Å². The third-order valence-corrected chi connectivity index (χ3v) is 9.18. The Balaban J connectivity index is 1.53.